The second-order valence-electron chi connectivity index (χ2n) is 20.0. The molecule has 6 aromatic rings. The highest BCUT2D eigenvalue weighted by molar-refractivity contribution is 6.10. The molecule has 11 nitrogen and oxygen atoms in total. The van der Waals surface area contributed by atoms with Crippen molar-refractivity contribution in [2.75, 3.05) is 23.2 Å². The predicted octanol–water partition coefficient (Wildman–Crippen LogP) is 17.9. The third kappa shape index (κ3) is 18.8. The largest absolute Gasteiger partial charge is 0.494 e. The number of nitrogens with zero attached hydrogens (tertiary/aromatic N) is 4. The normalized spacial score (nSPS) is 12.5. The summed E-state index contributed by atoms with van der Waals surface area (Å²) in [6.45, 7) is 5.84. The lowest BCUT2D eigenvalue weighted by Gasteiger charge is -2.32. The molecule has 0 unspecified atom stereocenters. The molecule has 1 radical (unpaired) electrons. The number of carbonyl (C=O) groups is 3. The van der Waals surface area contributed by atoms with Crippen LogP contribution in [0.4, 0.5) is 29.3 Å². The van der Waals surface area contributed by atoms with Crippen molar-refractivity contribution in [1.29, 1.82) is 0 Å². The number of rotatable bonds is 32. The number of amides is 2. The number of anilines is 2. The molecule has 0 fully saturated rings. The van der Waals surface area contributed by atoms with Crippen LogP contribution in [0.25, 0.3) is 22.3 Å². The van der Waals surface area contributed by atoms with Gasteiger partial charge in [-0.1, -0.05) is 178 Å². The summed E-state index contributed by atoms with van der Waals surface area (Å²) < 4.78 is 65.6. The quantitative estimate of drug-likeness (QED) is 0.0234. The summed E-state index contributed by atoms with van der Waals surface area (Å²) in [5.41, 5.74) is 7.65. The number of urea groups is 1. The SMILES string of the molecule is CCCCCCCCCCCCOc1ccc(-c2ccc(C(=O)Oc3ccc(N4[N]C(C(F)(F)F)=NN(c5ccc(OC(=O)c6ccc(-c7ccc(OCCCCCCCCCCCC)cc7)cc6)cc5)C4=O)cc3)cc2)cc1. The zero-order valence-electron chi connectivity index (χ0n) is 45.7. The first kappa shape index (κ1) is 59.1. The fourth-order valence-electron chi connectivity index (χ4n) is 9.12. The van der Waals surface area contributed by atoms with Crippen LogP contribution < -0.4 is 34.4 Å². The van der Waals surface area contributed by atoms with E-state index in [1.807, 2.05) is 72.8 Å². The minimum atomic E-state index is -5.03. The number of hydrazone groups is 1. The third-order valence-corrected chi connectivity index (χ3v) is 13.7. The number of hydrogen-bond donors (Lipinski definition) is 0. The lowest BCUT2D eigenvalue weighted by atomic mass is 10.0. The summed E-state index contributed by atoms with van der Waals surface area (Å²) in [5, 5.41) is 4.63. The average molecular weight is 1080 g/mol. The molecule has 0 bridgehead atoms. The van der Waals surface area contributed by atoms with Gasteiger partial charge in [0.2, 0.25) is 0 Å². The lowest BCUT2D eigenvalue weighted by molar-refractivity contribution is -0.0625. The van der Waals surface area contributed by atoms with Crippen molar-refractivity contribution in [3.63, 3.8) is 0 Å². The van der Waals surface area contributed by atoms with Gasteiger partial charge in [0.05, 0.1) is 35.7 Å². The molecule has 0 N–H and O–H groups in total. The number of benzene rings is 6. The summed E-state index contributed by atoms with van der Waals surface area (Å²) in [7, 11) is 0. The number of ether oxygens (including phenoxy) is 4. The molecule has 1 aliphatic rings. The van der Waals surface area contributed by atoms with Crippen LogP contribution in [0.15, 0.2) is 151 Å². The zero-order valence-corrected chi connectivity index (χ0v) is 45.7. The molecule has 79 heavy (non-hydrogen) atoms. The van der Waals surface area contributed by atoms with Crippen LogP contribution in [0.3, 0.4) is 0 Å². The first-order chi connectivity index (χ1) is 38.5. The second kappa shape index (κ2) is 31.1. The van der Waals surface area contributed by atoms with Crippen LogP contribution in [-0.4, -0.2) is 43.2 Å². The fourth-order valence-corrected chi connectivity index (χ4v) is 9.12. The molecule has 0 spiro atoms. The van der Waals surface area contributed by atoms with Crippen molar-refractivity contribution in [2.24, 2.45) is 5.10 Å². The maximum absolute atomic E-state index is 14.2. The van der Waals surface area contributed by atoms with Gasteiger partial charge >= 0.3 is 24.1 Å². The van der Waals surface area contributed by atoms with Gasteiger partial charge in [-0.2, -0.15) is 23.2 Å². The monoisotopic (exact) mass is 1080 g/mol. The third-order valence-electron chi connectivity index (χ3n) is 13.7. The summed E-state index contributed by atoms with van der Waals surface area (Å²) in [5.74, 6) is -1.12. The van der Waals surface area contributed by atoms with E-state index < -0.39 is 30.0 Å². The highest BCUT2D eigenvalue weighted by Crippen LogP contribution is 2.31. The topological polar surface area (TPSA) is 121 Å². The van der Waals surface area contributed by atoms with Gasteiger partial charge in [-0.3, -0.25) is 0 Å². The Morgan fingerprint density at radius 3 is 1.05 bits per heavy atom. The minimum absolute atomic E-state index is 0.0524. The molecule has 0 aliphatic carbocycles. The van der Waals surface area contributed by atoms with Crippen molar-refractivity contribution in [2.45, 2.75) is 148 Å². The predicted molar refractivity (Wildman–Crippen MR) is 307 cm³/mol. The average Bonchev–Trinajstić information content (AvgIpc) is 3.48. The molecule has 0 saturated carbocycles. The number of alkyl halides is 3. The van der Waals surface area contributed by atoms with Crippen molar-refractivity contribution in [3.8, 4) is 45.3 Å². The molecule has 0 saturated heterocycles. The molecular formula is C65H74F3N4O7. The van der Waals surface area contributed by atoms with Crippen LogP contribution in [0.1, 0.15) is 163 Å². The highest BCUT2D eigenvalue weighted by atomic mass is 19.4. The fraction of sp³-hybridized carbons (Fsp3) is 0.385. The molecule has 1 heterocycles. The Bertz CT molecular complexity index is 2820. The van der Waals surface area contributed by atoms with Crippen molar-refractivity contribution < 1.29 is 46.5 Å². The van der Waals surface area contributed by atoms with Gasteiger partial charge in [0.25, 0.3) is 5.84 Å². The summed E-state index contributed by atoms with van der Waals surface area (Å²) in [4.78, 5) is 40.0. The van der Waals surface area contributed by atoms with Crippen molar-refractivity contribution >= 4 is 35.2 Å². The number of hydrogen-bond acceptors (Lipinski definition) is 8. The molecule has 1 aliphatic heterocycles. The van der Waals surface area contributed by atoms with Crippen molar-refractivity contribution in [3.05, 3.63) is 157 Å². The van der Waals surface area contributed by atoms with Crippen LogP contribution in [0, 0.1) is 0 Å². The Labute approximate surface area is 464 Å². The van der Waals surface area contributed by atoms with E-state index in [1.165, 1.54) is 151 Å². The number of halogens is 3. The van der Waals surface area contributed by atoms with E-state index in [4.69, 9.17) is 18.9 Å². The summed E-state index contributed by atoms with van der Waals surface area (Å²) in [6.07, 6.45) is 20.3. The smallest absolute Gasteiger partial charge is 0.455 e. The van der Waals surface area contributed by atoms with Crippen LogP contribution in [0.5, 0.6) is 23.0 Å². The van der Waals surface area contributed by atoms with Crippen LogP contribution >= 0.6 is 0 Å². The molecule has 2 amide bonds. The van der Waals surface area contributed by atoms with E-state index in [-0.39, 0.29) is 34.0 Å². The number of unbranched alkanes of at least 4 members (excludes halogenated alkanes) is 18. The maximum Gasteiger partial charge on any atom is 0.455 e. The highest BCUT2D eigenvalue weighted by Gasteiger charge is 2.45. The van der Waals surface area contributed by atoms with Gasteiger partial charge in [-0.15, -0.1) is 10.5 Å². The maximum atomic E-state index is 14.2. The Morgan fingerprint density at radius 2 is 0.709 bits per heavy atom. The molecule has 14 heteroatoms. The Kier molecular flexibility index (Phi) is 23.3. The van der Waals surface area contributed by atoms with Gasteiger partial charge in [0.1, 0.15) is 23.0 Å². The Balaban J connectivity index is 0.856. The molecule has 7 rings (SSSR count). The van der Waals surface area contributed by atoms with E-state index in [1.54, 1.807) is 24.3 Å². The summed E-state index contributed by atoms with van der Waals surface area (Å²) in [6, 6.07) is 39.0. The van der Waals surface area contributed by atoms with Gasteiger partial charge in [-0.25, -0.2) is 14.4 Å². The summed E-state index contributed by atoms with van der Waals surface area (Å²) >= 11 is 0. The van der Waals surface area contributed by atoms with Crippen LogP contribution in [0.2, 0.25) is 0 Å². The Hall–Kier alpha value is -7.61. The Morgan fingerprint density at radius 1 is 0.405 bits per heavy atom. The number of carbonyl (C=O) groups excluding carboxylic acids is 3. The zero-order chi connectivity index (χ0) is 55.7. The lowest BCUT2D eigenvalue weighted by Crippen LogP contribution is -2.55. The van der Waals surface area contributed by atoms with E-state index >= 15 is 0 Å². The molecule has 417 valence electrons. The van der Waals surface area contributed by atoms with Gasteiger partial charge in [0.15, 0.2) is 0 Å². The van der Waals surface area contributed by atoms with Gasteiger partial charge in [-0.05, 0) is 132 Å². The van der Waals surface area contributed by atoms with E-state index in [2.05, 4.69) is 24.4 Å². The van der Waals surface area contributed by atoms with E-state index in [9.17, 15) is 27.6 Å². The number of esters is 2. The second-order valence-corrected chi connectivity index (χ2v) is 20.0. The minimum Gasteiger partial charge on any atom is -0.494 e. The van der Waals surface area contributed by atoms with Gasteiger partial charge < -0.3 is 18.9 Å². The van der Waals surface area contributed by atoms with E-state index in [0.29, 0.717) is 23.2 Å². The van der Waals surface area contributed by atoms with Gasteiger partial charge in [0, 0.05) is 0 Å². The standard InChI is InChI=1S/C65H74F3N4O7/c1-3-5-7-9-11-13-15-17-19-21-47-76-57-39-31-51(32-40-57)49-23-27-53(28-24-49)61(73)78-59-43-35-55(36-44-59)71-64(75)72(70-63(69-71)65(66,67)68)56-37-45-60(46-38-56)79-62(74)54-29-25-50(26-30-54)52-33-41-58(42-34-52)77-48-22-20-18-16-14-12-10-8-6-4-2/h23-46H,3-22,47-48H2,1-2H3. The molecule has 6 aromatic carbocycles. The van der Waals surface area contributed by atoms with Crippen LogP contribution in [-0.2, 0) is 0 Å². The van der Waals surface area contributed by atoms with Crippen molar-refractivity contribution in [1.82, 2.24) is 5.43 Å². The molecule has 0 atom stereocenters. The molecular weight excluding hydrogens is 1010 g/mol. The first-order valence-electron chi connectivity index (χ1n) is 28.3. The molecule has 0 aromatic heterocycles. The first-order valence-corrected chi connectivity index (χ1v) is 28.3. The number of amidine groups is 1. The van der Waals surface area contributed by atoms with E-state index in [0.717, 1.165) is 59.4 Å².